The molecule has 0 aromatic heterocycles. The number of ether oxygens (including phenoxy) is 1. The first kappa shape index (κ1) is 13.6. The van der Waals surface area contributed by atoms with Crippen LogP contribution in [-0.4, -0.2) is 50.8 Å². The third kappa shape index (κ3) is 3.04. The fourth-order valence-corrected chi connectivity index (χ4v) is 3.53. The van der Waals surface area contributed by atoms with E-state index in [1.54, 1.807) is 7.11 Å². The van der Waals surface area contributed by atoms with E-state index in [0.29, 0.717) is 19.5 Å². The van der Waals surface area contributed by atoms with Gasteiger partial charge in [0.2, 0.25) is 10.0 Å². The summed E-state index contributed by atoms with van der Waals surface area (Å²) in [4.78, 5) is 0. The maximum Gasteiger partial charge on any atom is 0.217 e. The third-order valence-electron chi connectivity index (χ3n) is 2.90. The monoisotopic (exact) mass is 248 g/mol. The number of rotatable bonds is 5. The van der Waals surface area contributed by atoms with Gasteiger partial charge in [-0.3, -0.25) is 0 Å². The molecule has 1 aliphatic rings. The molecule has 0 spiro atoms. The molecule has 1 heterocycles. The molecule has 0 amide bonds. The summed E-state index contributed by atoms with van der Waals surface area (Å²) in [6.45, 7) is 4.27. The second-order valence-corrected chi connectivity index (χ2v) is 5.92. The van der Waals surface area contributed by atoms with Crippen LogP contribution in [0.15, 0.2) is 12.7 Å². The van der Waals surface area contributed by atoms with Gasteiger partial charge in [0.05, 0.1) is 11.9 Å². The number of nitrogens with zero attached hydrogens (tertiary/aromatic N) is 1. The van der Waals surface area contributed by atoms with Crippen LogP contribution in [0.5, 0.6) is 0 Å². The Morgan fingerprint density at radius 1 is 1.62 bits per heavy atom. The molecule has 2 unspecified atom stereocenters. The summed E-state index contributed by atoms with van der Waals surface area (Å²) < 4.78 is 30.6. The molecule has 1 rings (SSSR count). The predicted molar refractivity (Wildman–Crippen MR) is 63.6 cm³/mol. The predicted octanol–water partition coefficient (Wildman–Crippen LogP) is -0.0597. The smallest absolute Gasteiger partial charge is 0.217 e. The molecule has 16 heavy (non-hydrogen) atoms. The fraction of sp³-hybridized carbons (Fsp3) is 0.800. The molecule has 1 aliphatic heterocycles. The van der Waals surface area contributed by atoms with Crippen molar-refractivity contribution in [2.45, 2.75) is 25.0 Å². The number of hydrogen-bond donors (Lipinski definition) is 1. The maximum atomic E-state index is 11.9. The van der Waals surface area contributed by atoms with Crippen LogP contribution < -0.4 is 5.73 Å². The lowest BCUT2D eigenvalue weighted by Gasteiger charge is -2.37. The second kappa shape index (κ2) is 5.77. The number of hydrogen-bond acceptors (Lipinski definition) is 4. The Hall–Kier alpha value is -0.430. The number of nitrogens with two attached hydrogens (primary N) is 1. The molecule has 0 radical (unpaired) electrons. The van der Waals surface area contributed by atoms with Gasteiger partial charge in [-0.15, -0.1) is 6.58 Å². The van der Waals surface area contributed by atoms with Crippen LogP contribution in [-0.2, 0) is 14.8 Å². The lowest BCUT2D eigenvalue weighted by Crippen LogP contribution is -2.51. The Kier molecular flexibility index (Phi) is 4.91. The molecule has 0 aliphatic carbocycles. The van der Waals surface area contributed by atoms with Gasteiger partial charge in [0.15, 0.2) is 0 Å². The Bertz CT molecular complexity index is 329. The molecule has 0 aromatic rings. The lowest BCUT2D eigenvalue weighted by atomic mass is 10.0. The average molecular weight is 248 g/mol. The quantitative estimate of drug-likeness (QED) is 0.692. The Labute approximate surface area is 97.3 Å². The molecule has 94 valence electrons. The summed E-state index contributed by atoms with van der Waals surface area (Å²) >= 11 is 0. The maximum absolute atomic E-state index is 11.9. The molecule has 0 bridgehead atoms. The summed E-state index contributed by atoms with van der Waals surface area (Å²) in [7, 11) is -1.60. The average Bonchev–Trinajstić information content (AvgIpc) is 2.28. The van der Waals surface area contributed by atoms with Gasteiger partial charge in [-0.05, 0) is 12.8 Å². The molecular weight excluding hydrogens is 228 g/mol. The molecule has 2 atom stereocenters. The van der Waals surface area contributed by atoms with Crippen molar-refractivity contribution in [3.63, 3.8) is 0 Å². The number of piperidine rings is 1. The molecule has 5 nitrogen and oxygen atoms in total. The highest BCUT2D eigenvalue weighted by atomic mass is 32.2. The SMILES string of the molecule is C=CCS(=O)(=O)N1CCC(OC)CC1CN. The van der Waals surface area contributed by atoms with Crippen molar-refractivity contribution in [1.82, 2.24) is 4.31 Å². The summed E-state index contributed by atoms with van der Waals surface area (Å²) in [6, 6.07) is -0.149. The minimum absolute atomic E-state index is 0.0266. The van der Waals surface area contributed by atoms with Gasteiger partial charge in [-0.25, -0.2) is 8.42 Å². The summed E-state index contributed by atoms with van der Waals surface area (Å²) in [6.07, 6.45) is 2.92. The largest absolute Gasteiger partial charge is 0.381 e. The molecule has 0 aromatic carbocycles. The van der Waals surface area contributed by atoms with E-state index in [-0.39, 0.29) is 17.9 Å². The highest BCUT2D eigenvalue weighted by Crippen LogP contribution is 2.22. The first-order valence-electron chi connectivity index (χ1n) is 5.38. The Balaban J connectivity index is 2.77. The van der Waals surface area contributed by atoms with Crippen molar-refractivity contribution in [3.05, 3.63) is 12.7 Å². The van der Waals surface area contributed by atoms with Crippen LogP contribution in [0, 0.1) is 0 Å². The zero-order chi connectivity index (χ0) is 12.2. The van der Waals surface area contributed by atoms with E-state index >= 15 is 0 Å². The van der Waals surface area contributed by atoms with Crippen molar-refractivity contribution in [2.75, 3.05) is 26.0 Å². The van der Waals surface area contributed by atoms with E-state index in [1.165, 1.54) is 10.4 Å². The van der Waals surface area contributed by atoms with Crippen molar-refractivity contribution in [2.24, 2.45) is 5.73 Å². The van der Waals surface area contributed by atoms with Crippen LogP contribution in [0.1, 0.15) is 12.8 Å². The minimum Gasteiger partial charge on any atom is -0.381 e. The second-order valence-electron chi connectivity index (χ2n) is 3.95. The van der Waals surface area contributed by atoms with Crippen LogP contribution in [0.2, 0.25) is 0 Å². The van der Waals surface area contributed by atoms with Gasteiger partial charge in [-0.1, -0.05) is 6.08 Å². The van der Waals surface area contributed by atoms with Gasteiger partial charge in [0.25, 0.3) is 0 Å². The Morgan fingerprint density at radius 2 is 2.31 bits per heavy atom. The lowest BCUT2D eigenvalue weighted by molar-refractivity contribution is 0.0402. The minimum atomic E-state index is -3.25. The molecule has 1 fully saturated rings. The Morgan fingerprint density at radius 3 is 2.81 bits per heavy atom. The zero-order valence-corrected chi connectivity index (χ0v) is 10.4. The first-order chi connectivity index (χ1) is 7.55. The molecule has 6 heteroatoms. The van der Waals surface area contributed by atoms with E-state index in [4.69, 9.17) is 10.5 Å². The summed E-state index contributed by atoms with van der Waals surface area (Å²) in [5, 5.41) is 0. The highest BCUT2D eigenvalue weighted by molar-refractivity contribution is 7.89. The van der Waals surface area contributed by atoms with Crippen molar-refractivity contribution in [3.8, 4) is 0 Å². The van der Waals surface area contributed by atoms with Crippen molar-refractivity contribution >= 4 is 10.0 Å². The van der Waals surface area contributed by atoms with Crippen LogP contribution in [0.4, 0.5) is 0 Å². The van der Waals surface area contributed by atoms with Crippen LogP contribution in [0.25, 0.3) is 0 Å². The van der Waals surface area contributed by atoms with E-state index in [9.17, 15) is 8.42 Å². The van der Waals surface area contributed by atoms with Crippen LogP contribution >= 0.6 is 0 Å². The van der Waals surface area contributed by atoms with E-state index in [2.05, 4.69) is 6.58 Å². The summed E-state index contributed by atoms with van der Waals surface area (Å²) in [5.41, 5.74) is 5.62. The first-order valence-corrected chi connectivity index (χ1v) is 6.99. The molecule has 2 N–H and O–H groups in total. The van der Waals surface area contributed by atoms with Crippen LogP contribution in [0.3, 0.4) is 0 Å². The van der Waals surface area contributed by atoms with Gasteiger partial charge in [0, 0.05) is 26.2 Å². The topological polar surface area (TPSA) is 72.6 Å². The van der Waals surface area contributed by atoms with Gasteiger partial charge in [-0.2, -0.15) is 4.31 Å². The van der Waals surface area contributed by atoms with Gasteiger partial charge in [0.1, 0.15) is 0 Å². The standard InChI is InChI=1S/C10H20N2O3S/c1-3-6-16(13,14)12-5-4-10(15-2)7-9(12)8-11/h3,9-10H,1,4-8,11H2,2H3. The number of sulfonamides is 1. The fourth-order valence-electron chi connectivity index (χ4n) is 2.03. The van der Waals surface area contributed by atoms with E-state index in [0.717, 1.165) is 6.42 Å². The van der Waals surface area contributed by atoms with Gasteiger partial charge >= 0.3 is 0 Å². The van der Waals surface area contributed by atoms with E-state index in [1.807, 2.05) is 0 Å². The molecular formula is C10H20N2O3S. The number of methoxy groups -OCH3 is 1. The van der Waals surface area contributed by atoms with Crippen molar-refractivity contribution in [1.29, 1.82) is 0 Å². The zero-order valence-electron chi connectivity index (χ0n) is 9.63. The summed E-state index contributed by atoms with van der Waals surface area (Å²) in [5.74, 6) is -0.0266. The van der Waals surface area contributed by atoms with E-state index < -0.39 is 10.0 Å². The third-order valence-corrected chi connectivity index (χ3v) is 4.76. The normalized spacial score (nSPS) is 27.9. The van der Waals surface area contributed by atoms with Crippen molar-refractivity contribution < 1.29 is 13.2 Å². The molecule has 1 saturated heterocycles. The highest BCUT2D eigenvalue weighted by Gasteiger charge is 2.34. The van der Waals surface area contributed by atoms with Gasteiger partial charge < -0.3 is 10.5 Å². The molecule has 0 saturated carbocycles.